The summed E-state index contributed by atoms with van der Waals surface area (Å²) in [6, 6.07) is 3.75. The van der Waals surface area contributed by atoms with Gasteiger partial charge in [-0.3, -0.25) is 13.9 Å². The van der Waals surface area contributed by atoms with E-state index >= 15 is 0 Å². The Morgan fingerprint density at radius 1 is 1.16 bits per heavy atom. The Bertz CT molecular complexity index is 1030. The minimum Gasteiger partial charge on any atom is -0.399 e. The van der Waals surface area contributed by atoms with Gasteiger partial charge in [-0.1, -0.05) is 6.07 Å². The maximum absolute atomic E-state index is 12.3. The molecule has 1 unspecified atom stereocenters. The van der Waals surface area contributed by atoms with Gasteiger partial charge in [0.15, 0.2) is 0 Å². The highest BCUT2D eigenvalue weighted by molar-refractivity contribution is 8.25. The van der Waals surface area contributed by atoms with Crippen molar-refractivity contribution in [3.05, 3.63) is 29.5 Å². The maximum Gasteiger partial charge on any atom is 0.494 e. The van der Waals surface area contributed by atoms with Gasteiger partial charge in [-0.05, 0) is 77.4 Å². The quantitative estimate of drug-likeness (QED) is 0.530. The van der Waals surface area contributed by atoms with Crippen LogP contribution in [0.1, 0.15) is 76.2 Å². The SMILES string of the molecule is CC1(C)OB(c2cc(C(N)=O)c3[nH]cc(C4CCS(O)(O)C(C)(C)C4)c3c2)OC1(C)C. The average Bonchev–Trinajstić information content (AvgIpc) is 3.14. The number of carbonyl (C=O) groups is 1. The molecular formula is C22H33BN2O5S. The van der Waals surface area contributed by atoms with E-state index in [1.807, 2.05) is 53.8 Å². The van der Waals surface area contributed by atoms with Gasteiger partial charge in [0.1, 0.15) is 0 Å². The molecule has 31 heavy (non-hydrogen) atoms. The molecule has 2 aliphatic rings. The fourth-order valence-electron chi connectivity index (χ4n) is 4.60. The summed E-state index contributed by atoms with van der Waals surface area (Å²) >= 11 is 0. The number of rotatable bonds is 3. The van der Waals surface area contributed by atoms with Crippen molar-refractivity contribution in [3.8, 4) is 0 Å². The summed E-state index contributed by atoms with van der Waals surface area (Å²) < 4.78 is 32.8. The summed E-state index contributed by atoms with van der Waals surface area (Å²) in [6.07, 6.45) is 3.24. The van der Waals surface area contributed by atoms with Gasteiger partial charge < -0.3 is 20.0 Å². The lowest BCUT2D eigenvalue weighted by molar-refractivity contribution is 0.00578. The fraction of sp³-hybridized carbons (Fsp3) is 0.591. The van der Waals surface area contributed by atoms with Crippen LogP contribution in [0, 0.1) is 0 Å². The van der Waals surface area contributed by atoms with Crippen molar-refractivity contribution in [2.24, 2.45) is 5.73 Å². The van der Waals surface area contributed by atoms with Gasteiger partial charge in [0.05, 0.1) is 27.0 Å². The molecule has 2 saturated heterocycles. The van der Waals surface area contributed by atoms with Crippen molar-refractivity contribution >= 4 is 40.0 Å². The minimum atomic E-state index is -2.63. The average molecular weight is 448 g/mol. The van der Waals surface area contributed by atoms with Crippen molar-refractivity contribution in [3.63, 3.8) is 0 Å². The molecular weight excluding hydrogens is 415 g/mol. The van der Waals surface area contributed by atoms with Crippen molar-refractivity contribution in [2.75, 3.05) is 5.75 Å². The van der Waals surface area contributed by atoms with Crippen LogP contribution in [0.15, 0.2) is 18.3 Å². The van der Waals surface area contributed by atoms with Gasteiger partial charge in [-0.2, -0.15) is 10.6 Å². The number of fused-ring (bicyclic) bond motifs is 1. The number of amides is 1. The monoisotopic (exact) mass is 448 g/mol. The number of primary amides is 1. The Balaban J connectivity index is 1.79. The molecule has 0 aliphatic carbocycles. The first-order valence-electron chi connectivity index (χ1n) is 10.7. The summed E-state index contributed by atoms with van der Waals surface area (Å²) in [5, 5.41) is 0.903. The van der Waals surface area contributed by atoms with E-state index in [-0.39, 0.29) is 5.92 Å². The van der Waals surface area contributed by atoms with E-state index in [2.05, 4.69) is 4.98 Å². The lowest BCUT2D eigenvalue weighted by atomic mass is 9.76. The zero-order chi connectivity index (χ0) is 23.0. The maximum atomic E-state index is 12.3. The van der Waals surface area contributed by atoms with E-state index in [0.29, 0.717) is 29.7 Å². The Labute approximate surface area is 185 Å². The summed E-state index contributed by atoms with van der Waals surface area (Å²) in [5.41, 5.74) is 7.61. The van der Waals surface area contributed by atoms with E-state index in [9.17, 15) is 13.9 Å². The summed E-state index contributed by atoms with van der Waals surface area (Å²) in [6.45, 7) is 11.8. The summed E-state index contributed by atoms with van der Waals surface area (Å²) in [5.74, 6) is -0.00965. The largest absolute Gasteiger partial charge is 0.494 e. The summed E-state index contributed by atoms with van der Waals surface area (Å²) in [4.78, 5) is 15.5. The van der Waals surface area contributed by atoms with Crippen LogP contribution >= 0.6 is 10.6 Å². The van der Waals surface area contributed by atoms with Gasteiger partial charge in [0.25, 0.3) is 5.91 Å². The molecule has 2 fully saturated rings. The zero-order valence-electron chi connectivity index (χ0n) is 19.1. The predicted molar refractivity (Wildman–Crippen MR) is 126 cm³/mol. The highest BCUT2D eigenvalue weighted by Crippen LogP contribution is 2.61. The third kappa shape index (κ3) is 3.60. The fourth-order valence-corrected chi connectivity index (χ4v) is 6.23. The van der Waals surface area contributed by atoms with Crippen LogP contribution in [-0.2, 0) is 9.31 Å². The molecule has 0 bridgehead atoms. The van der Waals surface area contributed by atoms with Crippen LogP contribution in [0.2, 0.25) is 0 Å². The van der Waals surface area contributed by atoms with Crippen LogP contribution in [-0.4, -0.2) is 48.8 Å². The number of carbonyl (C=O) groups excluding carboxylic acids is 1. The molecule has 0 saturated carbocycles. The lowest BCUT2D eigenvalue weighted by Crippen LogP contribution is -2.41. The van der Waals surface area contributed by atoms with Gasteiger partial charge in [-0.15, -0.1) is 0 Å². The number of nitrogens with one attached hydrogen (secondary N) is 1. The molecule has 7 nitrogen and oxygen atoms in total. The first kappa shape index (κ1) is 22.7. The Kier molecular flexibility index (Phi) is 5.11. The van der Waals surface area contributed by atoms with E-state index in [0.717, 1.165) is 16.4 Å². The number of H-pyrrole nitrogens is 1. The van der Waals surface area contributed by atoms with Crippen LogP contribution in [0.25, 0.3) is 10.9 Å². The molecule has 0 spiro atoms. The van der Waals surface area contributed by atoms with Crippen molar-refractivity contribution in [1.29, 1.82) is 0 Å². The van der Waals surface area contributed by atoms with Crippen LogP contribution in [0.4, 0.5) is 0 Å². The third-order valence-corrected chi connectivity index (χ3v) is 10.2. The van der Waals surface area contributed by atoms with Crippen LogP contribution in [0.5, 0.6) is 0 Å². The lowest BCUT2D eigenvalue weighted by Gasteiger charge is -2.52. The van der Waals surface area contributed by atoms with E-state index in [1.54, 1.807) is 6.07 Å². The topological polar surface area (TPSA) is 118 Å². The molecule has 1 amide bonds. The summed E-state index contributed by atoms with van der Waals surface area (Å²) in [7, 11) is -3.24. The van der Waals surface area contributed by atoms with Gasteiger partial charge in [0, 0.05) is 17.3 Å². The molecule has 170 valence electrons. The molecule has 0 radical (unpaired) electrons. The minimum absolute atomic E-state index is 0.137. The standard InChI is InChI=1S/C22H33BN2O5S/c1-20(2)11-13(7-8-31(20,27)28)17-12-25-18-15(17)9-14(10-16(18)19(24)26)23-29-21(3,4)22(5,6)30-23/h9-10,12-13,25,27-28H,7-8,11H2,1-6H3,(H2,24,26). The van der Waals surface area contributed by atoms with Crippen molar-refractivity contribution in [1.82, 2.24) is 4.98 Å². The van der Waals surface area contributed by atoms with Crippen LogP contribution in [0.3, 0.4) is 0 Å². The molecule has 2 aliphatic heterocycles. The predicted octanol–water partition coefficient (Wildman–Crippen LogP) is 3.97. The van der Waals surface area contributed by atoms with Crippen molar-refractivity contribution in [2.45, 2.75) is 76.3 Å². The molecule has 1 aromatic heterocycles. The second kappa shape index (κ2) is 6.99. The second-order valence-electron chi connectivity index (χ2n) is 10.5. The molecule has 1 atom stereocenters. The molecule has 5 N–H and O–H groups in total. The van der Waals surface area contributed by atoms with Gasteiger partial charge >= 0.3 is 7.12 Å². The number of aromatic nitrogens is 1. The second-order valence-corrected chi connectivity index (χ2v) is 13.4. The van der Waals surface area contributed by atoms with E-state index in [1.165, 1.54) is 0 Å². The molecule has 3 heterocycles. The molecule has 4 rings (SSSR count). The number of hydrogen-bond acceptors (Lipinski definition) is 5. The zero-order valence-corrected chi connectivity index (χ0v) is 19.9. The molecule has 9 heteroatoms. The number of aromatic amines is 1. The normalized spacial score (nSPS) is 27.4. The third-order valence-electron chi connectivity index (χ3n) is 7.45. The first-order valence-corrected chi connectivity index (χ1v) is 12.4. The van der Waals surface area contributed by atoms with E-state index in [4.69, 9.17) is 15.0 Å². The Morgan fingerprint density at radius 3 is 2.32 bits per heavy atom. The number of hydrogen-bond donors (Lipinski definition) is 4. The number of benzene rings is 1. The Hall–Kier alpha value is -1.52. The highest BCUT2D eigenvalue weighted by Gasteiger charge is 2.52. The first-order chi connectivity index (χ1) is 14.2. The van der Waals surface area contributed by atoms with Gasteiger partial charge in [0.2, 0.25) is 0 Å². The smallest absolute Gasteiger partial charge is 0.399 e. The van der Waals surface area contributed by atoms with Crippen LogP contribution < -0.4 is 11.2 Å². The van der Waals surface area contributed by atoms with Gasteiger partial charge in [-0.25, -0.2) is 0 Å². The molecule has 2 aromatic rings. The number of nitrogens with two attached hydrogens (primary N) is 1. The molecule has 1 aromatic carbocycles. The highest BCUT2D eigenvalue weighted by atomic mass is 32.3. The van der Waals surface area contributed by atoms with Crippen molar-refractivity contribution < 1.29 is 23.2 Å². The van der Waals surface area contributed by atoms with E-state index < -0.39 is 39.6 Å². The Morgan fingerprint density at radius 2 is 1.77 bits per heavy atom.